The number of benzene rings is 2. The molecule has 2 aromatic rings. The first-order chi connectivity index (χ1) is 10.9. The molecule has 2 atom stereocenters. The Hall–Kier alpha value is -1.78. The average molecular weight is 334 g/mol. The largest absolute Gasteiger partial charge is 0.497 e. The molecule has 5 N–H and O–H groups in total. The third-order valence-corrected chi connectivity index (χ3v) is 6.40. The number of nitrogens with two attached hydrogens (primary N) is 2. The molecular weight excluding hydrogens is 311 g/mol. The van der Waals surface area contributed by atoms with Gasteiger partial charge in [0.15, 0.2) is 0 Å². The monoisotopic (exact) mass is 334 g/mol. The van der Waals surface area contributed by atoms with Crippen molar-refractivity contribution in [3.05, 3.63) is 59.7 Å². The fourth-order valence-corrected chi connectivity index (χ4v) is 4.01. The van der Waals surface area contributed by atoms with Gasteiger partial charge in [-0.2, -0.15) is 0 Å². The molecule has 0 aliphatic carbocycles. The molecular formula is C17H23N2O3P. The molecule has 0 heterocycles. The van der Waals surface area contributed by atoms with Crippen LogP contribution in [0.4, 0.5) is 0 Å². The second-order valence-electron chi connectivity index (χ2n) is 5.32. The zero-order chi connectivity index (χ0) is 17.0. The molecule has 124 valence electrons. The summed E-state index contributed by atoms with van der Waals surface area (Å²) in [5.74, 6) is 0.189. The second-order valence-corrected chi connectivity index (χ2v) is 8.21. The molecule has 0 radical (unpaired) electrons. The van der Waals surface area contributed by atoms with Crippen molar-refractivity contribution in [2.75, 3.05) is 14.2 Å². The third-order valence-electron chi connectivity index (χ3n) is 3.88. The van der Waals surface area contributed by atoms with Crippen LogP contribution in [0.15, 0.2) is 48.5 Å². The Labute approximate surface area is 136 Å². The Kier molecular flexibility index (Phi) is 5.50. The minimum atomic E-state index is -2.89. The summed E-state index contributed by atoms with van der Waals surface area (Å²) >= 11 is 0. The van der Waals surface area contributed by atoms with Gasteiger partial charge in [0.1, 0.15) is 11.5 Å². The van der Waals surface area contributed by atoms with Gasteiger partial charge in [-0.05, 0) is 35.4 Å². The standard InChI is InChI=1S/C17H23N2O3P/c1-21-14-8-4-12(5-9-14)16(18)23(3,20)17(19)13-6-10-15(22-2)11-7-13/h4-11,16-17,20H,3,18-19H2,1-2H3. The molecule has 0 aliphatic heterocycles. The topological polar surface area (TPSA) is 90.7 Å². The number of hydrogen-bond donors (Lipinski definition) is 3. The maximum Gasteiger partial charge on any atom is 0.118 e. The highest BCUT2D eigenvalue weighted by atomic mass is 31.2. The van der Waals surface area contributed by atoms with Crippen LogP contribution in [0.5, 0.6) is 11.5 Å². The maximum atomic E-state index is 10.9. The Morgan fingerprint density at radius 2 is 1.13 bits per heavy atom. The smallest absolute Gasteiger partial charge is 0.118 e. The van der Waals surface area contributed by atoms with Crippen LogP contribution < -0.4 is 20.9 Å². The summed E-state index contributed by atoms with van der Waals surface area (Å²) in [6, 6.07) is 14.5. The summed E-state index contributed by atoms with van der Waals surface area (Å²) in [4.78, 5) is 10.9. The van der Waals surface area contributed by atoms with Gasteiger partial charge in [0.05, 0.1) is 25.8 Å². The molecule has 0 aliphatic rings. The van der Waals surface area contributed by atoms with Crippen molar-refractivity contribution >= 4 is 13.4 Å². The van der Waals surface area contributed by atoms with E-state index < -0.39 is 18.7 Å². The summed E-state index contributed by atoms with van der Waals surface area (Å²) in [5, 5.41) is 0. The molecule has 0 amide bonds. The number of rotatable bonds is 6. The highest BCUT2D eigenvalue weighted by molar-refractivity contribution is 7.68. The van der Waals surface area contributed by atoms with Crippen LogP contribution in [0.1, 0.15) is 22.7 Å². The Morgan fingerprint density at radius 3 is 1.39 bits per heavy atom. The van der Waals surface area contributed by atoms with Crippen molar-refractivity contribution in [3.63, 3.8) is 0 Å². The van der Waals surface area contributed by atoms with Gasteiger partial charge >= 0.3 is 0 Å². The lowest BCUT2D eigenvalue weighted by molar-refractivity contribution is 0.414. The van der Waals surface area contributed by atoms with E-state index in [-0.39, 0.29) is 0 Å². The van der Waals surface area contributed by atoms with Crippen LogP contribution in [-0.2, 0) is 0 Å². The molecule has 0 bridgehead atoms. The van der Waals surface area contributed by atoms with Gasteiger partial charge in [-0.25, -0.2) is 0 Å². The lowest BCUT2D eigenvalue weighted by Crippen LogP contribution is -2.20. The number of hydrogen-bond acceptors (Lipinski definition) is 5. The van der Waals surface area contributed by atoms with Crippen LogP contribution in [0, 0.1) is 0 Å². The first-order valence-corrected chi connectivity index (χ1v) is 9.21. The Balaban J connectivity index is 2.25. The van der Waals surface area contributed by atoms with Crippen LogP contribution in [0.3, 0.4) is 0 Å². The molecule has 5 nitrogen and oxygen atoms in total. The molecule has 2 aromatic carbocycles. The maximum absolute atomic E-state index is 10.9. The van der Waals surface area contributed by atoms with Crippen molar-refractivity contribution in [2.45, 2.75) is 11.6 Å². The molecule has 0 fully saturated rings. The minimum Gasteiger partial charge on any atom is -0.497 e. The summed E-state index contributed by atoms with van der Waals surface area (Å²) in [6.45, 7) is 0. The number of ether oxygens (including phenoxy) is 2. The summed E-state index contributed by atoms with van der Waals surface area (Å²) < 4.78 is 10.3. The van der Waals surface area contributed by atoms with E-state index in [0.717, 1.165) is 22.6 Å². The second kappa shape index (κ2) is 7.20. The highest BCUT2D eigenvalue weighted by Crippen LogP contribution is 2.60. The molecule has 0 aromatic heterocycles. The van der Waals surface area contributed by atoms with E-state index in [1.54, 1.807) is 38.5 Å². The quantitative estimate of drug-likeness (QED) is 0.707. The SMILES string of the molecule is C=P(O)(C(N)c1ccc(OC)cc1)C(N)c1ccc(OC)cc1. The molecule has 2 unspecified atom stereocenters. The van der Waals surface area contributed by atoms with E-state index in [2.05, 4.69) is 6.30 Å². The van der Waals surface area contributed by atoms with Gasteiger partial charge in [-0.15, -0.1) is 0 Å². The van der Waals surface area contributed by atoms with Gasteiger partial charge < -0.3 is 25.8 Å². The van der Waals surface area contributed by atoms with Crippen molar-refractivity contribution in [2.24, 2.45) is 11.5 Å². The molecule has 0 spiro atoms. The van der Waals surface area contributed by atoms with Crippen LogP contribution in [0.2, 0.25) is 0 Å². The van der Waals surface area contributed by atoms with Gasteiger partial charge in [0, 0.05) is 7.11 Å². The summed E-state index contributed by atoms with van der Waals surface area (Å²) in [5.41, 5.74) is 14.1. The van der Waals surface area contributed by atoms with E-state index in [1.165, 1.54) is 0 Å². The summed E-state index contributed by atoms with van der Waals surface area (Å²) in [7, 11) is 0.301. The van der Waals surface area contributed by atoms with Crippen molar-refractivity contribution < 1.29 is 14.4 Å². The summed E-state index contributed by atoms with van der Waals surface area (Å²) in [6.07, 6.45) is 3.96. The van der Waals surface area contributed by atoms with Gasteiger partial charge in [-0.1, -0.05) is 30.6 Å². The fraction of sp³-hybridized carbons (Fsp3) is 0.235. The molecule has 6 heteroatoms. The van der Waals surface area contributed by atoms with E-state index in [1.807, 2.05) is 24.3 Å². The van der Waals surface area contributed by atoms with Crippen molar-refractivity contribution in [3.8, 4) is 11.5 Å². The van der Waals surface area contributed by atoms with E-state index in [0.29, 0.717) is 0 Å². The normalized spacial score (nSPS) is 16.2. The van der Waals surface area contributed by atoms with Gasteiger partial charge in [-0.3, -0.25) is 0 Å². The van der Waals surface area contributed by atoms with Gasteiger partial charge in [0.2, 0.25) is 0 Å². The van der Waals surface area contributed by atoms with Gasteiger partial charge in [0.25, 0.3) is 0 Å². The molecule has 0 saturated carbocycles. The predicted molar refractivity (Wildman–Crippen MR) is 96.1 cm³/mol. The third kappa shape index (κ3) is 3.77. The molecule has 23 heavy (non-hydrogen) atoms. The van der Waals surface area contributed by atoms with E-state index in [4.69, 9.17) is 20.9 Å². The van der Waals surface area contributed by atoms with Crippen LogP contribution in [0.25, 0.3) is 0 Å². The highest BCUT2D eigenvalue weighted by Gasteiger charge is 2.29. The minimum absolute atomic E-state index is 0.634. The average Bonchev–Trinajstić information content (AvgIpc) is 2.60. The van der Waals surface area contributed by atoms with Crippen LogP contribution in [-0.4, -0.2) is 25.4 Å². The van der Waals surface area contributed by atoms with Crippen molar-refractivity contribution in [1.29, 1.82) is 0 Å². The Bertz CT molecular complexity index is 628. The fourth-order valence-electron chi connectivity index (χ4n) is 2.29. The number of methoxy groups -OCH3 is 2. The van der Waals surface area contributed by atoms with Crippen molar-refractivity contribution in [1.82, 2.24) is 0 Å². The zero-order valence-electron chi connectivity index (χ0n) is 13.3. The lowest BCUT2D eigenvalue weighted by Gasteiger charge is -2.31. The first-order valence-electron chi connectivity index (χ1n) is 7.14. The first kappa shape index (κ1) is 17.6. The van der Waals surface area contributed by atoms with Crippen LogP contribution >= 0.6 is 7.11 Å². The Morgan fingerprint density at radius 1 is 0.826 bits per heavy atom. The molecule has 0 saturated heterocycles. The lowest BCUT2D eigenvalue weighted by atomic mass is 10.2. The van der Waals surface area contributed by atoms with E-state index in [9.17, 15) is 4.89 Å². The zero-order valence-corrected chi connectivity index (χ0v) is 14.2. The van der Waals surface area contributed by atoms with E-state index >= 15 is 0 Å². The predicted octanol–water partition coefficient (Wildman–Crippen LogP) is 2.68. The molecule has 2 rings (SSSR count).